The molecule has 0 amide bonds. The smallest absolute Gasteiger partial charge is 0.0276 e. The zero-order valence-electron chi connectivity index (χ0n) is 11.4. The average molecular weight is 215 g/mol. The third-order valence-corrected chi connectivity index (χ3v) is 2.76. The van der Waals surface area contributed by atoms with Crippen molar-refractivity contribution in [3.8, 4) is 0 Å². The summed E-state index contributed by atoms with van der Waals surface area (Å²) in [5.74, 6) is 0.693. The van der Waals surface area contributed by atoms with Gasteiger partial charge in [0.05, 0.1) is 0 Å². The predicted molar refractivity (Wildman–Crippen MR) is 68.1 cm³/mol. The van der Waals surface area contributed by atoms with Crippen LogP contribution in [0.15, 0.2) is 0 Å². The number of nitrogens with two attached hydrogens (primary N) is 1. The number of hydrogen-bond acceptors (Lipinski definition) is 3. The van der Waals surface area contributed by atoms with E-state index in [4.69, 9.17) is 5.73 Å². The largest absolute Gasteiger partial charge is 0.329 e. The monoisotopic (exact) mass is 215 g/mol. The van der Waals surface area contributed by atoms with Gasteiger partial charge in [-0.2, -0.15) is 0 Å². The van der Waals surface area contributed by atoms with Crippen LogP contribution in [0.3, 0.4) is 0 Å². The van der Waals surface area contributed by atoms with Crippen molar-refractivity contribution in [3.63, 3.8) is 0 Å². The summed E-state index contributed by atoms with van der Waals surface area (Å²) < 4.78 is 0. The average Bonchev–Trinajstić information content (AvgIpc) is 2.11. The quantitative estimate of drug-likeness (QED) is 0.693. The lowest BCUT2D eigenvalue weighted by atomic mass is 10.0. The lowest BCUT2D eigenvalue weighted by molar-refractivity contribution is 0.102. The third-order valence-electron chi connectivity index (χ3n) is 2.76. The summed E-state index contributed by atoms with van der Waals surface area (Å²) in [6.45, 7) is 13.0. The van der Waals surface area contributed by atoms with E-state index in [1.807, 2.05) is 0 Å². The molecule has 0 atom stereocenters. The molecule has 0 aromatic heterocycles. The minimum Gasteiger partial charge on any atom is -0.329 e. The standard InChI is InChI=1S/C12H29N3/c1-11(2)9-15(8-7-14(5)6)12(3,4)10-13/h11H,7-10,13H2,1-6H3. The molecule has 0 aliphatic heterocycles. The number of hydrogen-bond donors (Lipinski definition) is 1. The van der Waals surface area contributed by atoms with E-state index in [-0.39, 0.29) is 5.54 Å². The molecular weight excluding hydrogens is 186 g/mol. The molecule has 2 N–H and O–H groups in total. The van der Waals surface area contributed by atoms with E-state index >= 15 is 0 Å². The molecule has 0 aliphatic carbocycles. The van der Waals surface area contributed by atoms with Gasteiger partial charge in [-0.25, -0.2) is 0 Å². The molecule has 0 unspecified atom stereocenters. The Morgan fingerprint density at radius 3 is 2.00 bits per heavy atom. The Hall–Kier alpha value is -0.120. The van der Waals surface area contributed by atoms with Gasteiger partial charge in [-0.15, -0.1) is 0 Å². The van der Waals surface area contributed by atoms with Crippen LogP contribution in [-0.4, -0.2) is 55.6 Å². The summed E-state index contributed by atoms with van der Waals surface area (Å²) in [5.41, 5.74) is 5.95. The Balaban J connectivity index is 4.30. The lowest BCUT2D eigenvalue weighted by Crippen LogP contribution is -2.52. The predicted octanol–water partition coefficient (Wildman–Crippen LogP) is 1.24. The van der Waals surface area contributed by atoms with Gasteiger partial charge in [0.15, 0.2) is 0 Å². The van der Waals surface area contributed by atoms with Gasteiger partial charge < -0.3 is 10.6 Å². The molecule has 0 radical (unpaired) electrons. The highest BCUT2D eigenvalue weighted by Crippen LogP contribution is 2.14. The summed E-state index contributed by atoms with van der Waals surface area (Å²) in [7, 11) is 4.23. The fraction of sp³-hybridized carbons (Fsp3) is 1.00. The molecule has 0 saturated heterocycles. The van der Waals surface area contributed by atoms with Gasteiger partial charge >= 0.3 is 0 Å². The van der Waals surface area contributed by atoms with Crippen LogP contribution in [0.2, 0.25) is 0 Å². The first-order valence-electron chi connectivity index (χ1n) is 5.89. The van der Waals surface area contributed by atoms with Gasteiger partial charge in [0.25, 0.3) is 0 Å². The van der Waals surface area contributed by atoms with E-state index in [9.17, 15) is 0 Å². The highest BCUT2D eigenvalue weighted by Gasteiger charge is 2.25. The number of nitrogens with zero attached hydrogens (tertiary/aromatic N) is 2. The summed E-state index contributed by atoms with van der Waals surface area (Å²) in [6, 6.07) is 0. The van der Waals surface area contributed by atoms with Crippen LogP contribution in [0.4, 0.5) is 0 Å². The molecular formula is C12H29N3. The van der Waals surface area contributed by atoms with Crippen LogP contribution in [-0.2, 0) is 0 Å². The Morgan fingerprint density at radius 1 is 1.13 bits per heavy atom. The van der Waals surface area contributed by atoms with E-state index in [1.165, 1.54) is 0 Å². The summed E-state index contributed by atoms with van der Waals surface area (Å²) in [5, 5.41) is 0. The molecule has 0 rings (SSSR count). The molecule has 0 heterocycles. The summed E-state index contributed by atoms with van der Waals surface area (Å²) >= 11 is 0. The van der Waals surface area contributed by atoms with Crippen LogP contribution in [0.25, 0.3) is 0 Å². The second kappa shape index (κ2) is 6.46. The minimum atomic E-state index is 0.111. The molecule has 92 valence electrons. The van der Waals surface area contributed by atoms with Crippen LogP contribution >= 0.6 is 0 Å². The maximum absolute atomic E-state index is 5.83. The Bertz CT molecular complexity index is 164. The van der Waals surface area contributed by atoms with Crippen LogP contribution in [0, 0.1) is 5.92 Å². The van der Waals surface area contributed by atoms with Gasteiger partial charge in [0, 0.05) is 31.7 Å². The Morgan fingerprint density at radius 2 is 1.67 bits per heavy atom. The maximum atomic E-state index is 5.83. The highest BCUT2D eigenvalue weighted by molar-refractivity contribution is 4.83. The van der Waals surface area contributed by atoms with Gasteiger partial charge in [-0.05, 0) is 33.9 Å². The van der Waals surface area contributed by atoms with E-state index < -0.39 is 0 Å². The molecule has 0 aromatic rings. The summed E-state index contributed by atoms with van der Waals surface area (Å²) in [4.78, 5) is 4.72. The van der Waals surface area contributed by atoms with Crippen molar-refractivity contribution in [2.24, 2.45) is 11.7 Å². The number of rotatable bonds is 7. The van der Waals surface area contributed by atoms with Crippen molar-refractivity contribution < 1.29 is 0 Å². The second-order valence-electron chi connectivity index (χ2n) is 5.66. The van der Waals surface area contributed by atoms with Crippen molar-refractivity contribution in [3.05, 3.63) is 0 Å². The fourth-order valence-electron chi connectivity index (χ4n) is 1.53. The highest BCUT2D eigenvalue weighted by atomic mass is 15.2. The van der Waals surface area contributed by atoms with E-state index in [2.05, 4.69) is 51.6 Å². The lowest BCUT2D eigenvalue weighted by Gasteiger charge is -2.39. The topological polar surface area (TPSA) is 32.5 Å². The fourth-order valence-corrected chi connectivity index (χ4v) is 1.53. The van der Waals surface area contributed by atoms with Crippen molar-refractivity contribution >= 4 is 0 Å². The molecule has 3 nitrogen and oxygen atoms in total. The summed E-state index contributed by atoms with van der Waals surface area (Å²) in [6.07, 6.45) is 0. The van der Waals surface area contributed by atoms with Crippen LogP contribution in [0.5, 0.6) is 0 Å². The molecule has 0 spiro atoms. The van der Waals surface area contributed by atoms with E-state index in [0.717, 1.165) is 19.6 Å². The SMILES string of the molecule is CC(C)CN(CCN(C)C)C(C)(C)CN. The van der Waals surface area contributed by atoms with Crippen molar-refractivity contribution in [2.45, 2.75) is 33.2 Å². The third kappa shape index (κ3) is 6.13. The minimum absolute atomic E-state index is 0.111. The van der Waals surface area contributed by atoms with Crippen molar-refractivity contribution in [2.75, 3.05) is 40.3 Å². The first-order chi connectivity index (χ1) is 6.79. The second-order valence-corrected chi connectivity index (χ2v) is 5.66. The van der Waals surface area contributed by atoms with Gasteiger partial charge in [0.2, 0.25) is 0 Å². The van der Waals surface area contributed by atoms with Gasteiger partial charge in [-0.3, -0.25) is 4.90 Å². The van der Waals surface area contributed by atoms with Gasteiger partial charge in [0.1, 0.15) is 0 Å². The Labute approximate surface area is 95.6 Å². The first kappa shape index (κ1) is 14.9. The van der Waals surface area contributed by atoms with Crippen molar-refractivity contribution in [1.29, 1.82) is 0 Å². The van der Waals surface area contributed by atoms with Gasteiger partial charge in [-0.1, -0.05) is 13.8 Å². The normalized spacial score (nSPS) is 13.2. The molecule has 0 fully saturated rings. The molecule has 0 aliphatic rings. The zero-order valence-corrected chi connectivity index (χ0v) is 11.4. The molecule has 15 heavy (non-hydrogen) atoms. The zero-order chi connectivity index (χ0) is 12.1. The Kier molecular flexibility index (Phi) is 6.41. The molecule has 0 saturated carbocycles. The maximum Gasteiger partial charge on any atom is 0.0276 e. The van der Waals surface area contributed by atoms with E-state index in [0.29, 0.717) is 12.5 Å². The van der Waals surface area contributed by atoms with E-state index in [1.54, 1.807) is 0 Å². The first-order valence-corrected chi connectivity index (χ1v) is 5.89. The molecule has 0 bridgehead atoms. The van der Waals surface area contributed by atoms with Crippen molar-refractivity contribution in [1.82, 2.24) is 9.80 Å². The molecule has 0 aromatic carbocycles. The molecule has 3 heteroatoms. The van der Waals surface area contributed by atoms with Crippen LogP contribution in [0.1, 0.15) is 27.7 Å². The van der Waals surface area contributed by atoms with Crippen LogP contribution < -0.4 is 5.73 Å². The number of likely N-dealkylation sites (N-methyl/N-ethyl adjacent to an activating group) is 1.